The van der Waals surface area contributed by atoms with Crippen molar-refractivity contribution >= 4 is 15.9 Å². The summed E-state index contributed by atoms with van der Waals surface area (Å²) in [5, 5.41) is 0. The van der Waals surface area contributed by atoms with Crippen molar-refractivity contribution in [2.45, 2.75) is 50.8 Å². The third-order valence-corrected chi connectivity index (χ3v) is 6.46. The maximum atomic E-state index is 13.0. The van der Waals surface area contributed by atoms with Gasteiger partial charge in [0.05, 0.1) is 10.5 Å². The molecule has 0 aliphatic carbocycles. The summed E-state index contributed by atoms with van der Waals surface area (Å²) in [6, 6.07) is 6.62. The molecule has 1 heterocycles. The third kappa shape index (κ3) is 4.16. The highest BCUT2D eigenvalue weighted by atomic mass is 32.2. The minimum absolute atomic E-state index is 0.145. The molecule has 0 radical (unpaired) electrons. The van der Waals surface area contributed by atoms with E-state index in [0.29, 0.717) is 31.7 Å². The standard InChI is InChI=1S/C18H28N2O3S/c1-3-5-13-19(4-2)18(21)16-11-7-8-12-17(16)24(22,23)20-14-9-6-10-15-20/h7-8,11-12H,3-6,9-10,13-15H2,1-2H3. The number of piperidine rings is 1. The number of amides is 1. The molecule has 1 aliphatic rings. The fourth-order valence-corrected chi connectivity index (χ4v) is 4.74. The molecule has 1 amide bonds. The Morgan fingerprint density at radius 1 is 1.12 bits per heavy atom. The summed E-state index contributed by atoms with van der Waals surface area (Å²) >= 11 is 0. The second-order valence-corrected chi connectivity index (χ2v) is 8.11. The minimum atomic E-state index is -3.61. The third-order valence-electron chi connectivity index (χ3n) is 4.50. The number of hydrogen-bond donors (Lipinski definition) is 0. The van der Waals surface area contributed by atoms with Crippen LogP contribution in [0.15, 0.2) is 29.2 Å². The maximum Gasteiger partial charge on any atom is 0.255 e. The van der Waals surface area contributed by atoms with Crippen LogP contribution in [0.5, 0.6) is 0 Å². The molecular formula is C18H28N2O3S. The van der Waals surface area contributed by atoms with E-state index in [1.165, 1.54) is 4.31 Å². The molecule has 1 aromatic carbocycles. The Morgan fingerprint density at radius 2 is 1.79 bits per heavy atom. The van der Waals surface area contributed by atoms with Gasteiger partial charge in [0.15, 0.2) is 0 Å². The van der Waals surface area contributed by atoms with Crippen LogP contribution >= 0.6 is 0 Å². The average Bonchev–Trinajstić information content (AvgIpc) is 2.63. The number of benzene rings is 1. The molecule has 2 rings (SSSR count). The molecule has 0 aromatic heterocycles. The number of sulfonamides is 1. The predicted octanol–water partition coefficient (Wildman–Crippen LogP) is 3.12. The SMILES string of the molecule is CCCCN(CC)C(=O)c1ccccc1S(=O)(=O)N1CCCCC1. The molecule has 1 aromatic rings. The fraction of sp³-hybridized carbons (Fsp3) is 0.611. The van der Waals surface area contributed by atoms with Crippen molar-refractivity contribution < 1.29 is 13.2 Å². The molecule has 0 bridgehead atoms. The second-order valence-electron chi connectivity index (χ2n) is 6.20. The predicted molar refractivity (Wildman–Crippen MR) is 95.5 cm³/mol. The van der Waals surface area contributed by atoms with Gasteiger partial charge in [-0.3, -0.25) is 4.79 Å². The zero-order valence-corrected chi connectivity index (χ0v) is 15.5. The number of hydrogen-bond acceptors (Lipinski definition) is 3. The number of carbonyl (C=O) groups is 1. The smallest absolute Gasteiger partial charge is 0.255 e. The van der Waals surface area contributed by atoms with Crippen molar-refractivity contribution in [3.63, 3.8) is 0 Å². The van der Waals surface area contributed by atoms with Gasteiger partial charge in [0.2, 0.25) is 10.0 Å². The van der Waals surface area contributed by atoms with Crippen molar-refractivity contribution in [1.82, 2.24) is 9.21 Å². The fourth-order valence-electron chi connectivity index (χ4n) is 3.04. The van der Waals surface area contributed by atoms with Gasteiger partial charge in [0.25, 0.3) is 5.91 Å². The molecule has 0 atom stereocenters. The van der Waals surface area contributed by atoms with Gasteiger partial charge in [-0.1, -0.05) is 31.9 Å². The molecule has 0 N–H and O–H groups in total. The lowest BCUT2D eigenvalue weighted by molar-refractivity contribution is 0.0758. The molecular weight excluding hydrogens is 324 g/mol. The number of carbonyl (C=O) groups excluding carboxylic acids is 1. The second kappa shape index (κ2) is 8.62. The summed E-state index contributed by atoms with van der Waals surface area (Å²) in [5.41, 5.74) is 0.293. The molecule has 0 unspecified atom stereocenters. The molecule has 5 nitrogen and oxygen atoms in total. The van der Waals surface area contributed by atoms with Gasteiger partial charge in [0.1, 0.15) is 0 Å². The molecule has 0 saturated carbocycles. The van der Waals surface area contributed by atoms with Crippen LogP contribution in [0.25, 0.3) is 0 Å². The average molecular weight is 353 g/mol. The summed E-state index contributed by atoms with van der Waals surface area (Å²) in [5.74, 6) is -0.192. The lowest BCUT2D eigenvalue weighted by atomic mass is 10.2. The maximum absolute atomic E-state index is 13.0. The van der Waals surface area contributed by atoms with Gasteiger partial charge in [-0.15, -0.1) is 0 Å². The van der Waals surface area contributed by atoms with Gasteiger partial charge in [-0.2, -0.15) is 4.31 Å². The van der Waals surface area contributed by atoms with Crippen molar-refractivity contribution in [2.24, 2.45) is 0 Å². The topological polar surface area (TPSA) is 57.7 Å². The Kier molecular flexibility index (Phi) is 6.80. The van der Waals surface area contributed by atoms with Crippen molar-refractivity contribution in [1.29, 1.82) is 0 Å². The normalized spacial score (nSPS) is 16.1. The van der Waals surface area contributed by atoms with Gasteiger partial charge < -0.3 is 4.90 Å². The van der Waals surface area contributed by atoms with E-state index in [4.69, 9.17) is 0 Å². The van der Waals surface area contributed by atoms with E-state index in [0.717, 1.165) is 32.1 Å². The van der Waals surface area contributed by atoms with Gasteiger partial charge in [0, 0.05) is 26.2 Å². The van der Waals surface area contributed by atoms with Crippen LogP contribution < -0.4 is 0 Å². The van der Waals surface area contributed by atoms with E-state index in [9.17, 15) is 13.2 Å². The Morgan fingerprint density at radius 3 is 2.42 bits per heavy atom. The van der Waals surface area contributed by atoms with Crippen molar-refractivity contribution in [3.8, 4) is 0 Å². The van der Waals surface area contributed by atoms with Crippen LogP contribution in [0.3, 0.4) is 0 Å². The van der Waals surface area contributed by atoms with E-state index in [1.807, 2.05) is 6.92 Å². The summed E-state index contributed by atoms with van der Waals surface area (Å²) in [7, 11) is -3.61. The van der Waals surface area contributed by atoms with E-state index in [-0.39, 0.29) is 10.8 Å². The highest BCUT2D eigenvalue weighted by Gasteiger charge is 2.30. The monoisotopic (exact) mass is 352 g/mol. The van der Waals surface area contributed by atoms with Crippen molar-refractivity contribution in [3.05, 3.63) is 29.8 Å². The van der Waals surface area contributed by atoms with Crippen LogP contribution in [0.4, 0.5) is 0 Å². The van der Waals surface area contributed by atoms with Gasteiger partial charge in [-0.05, 0) is 38.3 Å². The van der Waals surface area contributed by atoms with Crippen LogP contribution in [0, 0.1) is 0 Å². The first-order valence-electron chi connectivity index (χ1n) is 8.90. The Balaban J connectivity index is 2.34. The quantitative estimate of drug-likeness (QED) is 0.757. The largest absolute Gasteiger partial charge is 0.339 e. The lowest BCUT2D eigenvalue weighted by Crippen LogP contribution is -2.38. The first kappa shape index (κ1) is 18.9. The Hall–Kier alpha value is -1.40. The molecule has 1 fully saturated rings. The van der Waals surface area contributed by atoms with E-state index in [1.54, 1.807) is 29.2 Å². The van der Waals surface area contributed by atoms with E-state index >= 15 is 0 Å². The minimum Gasteiger partial charge on any atom is -0.339 e. The van der Waals surface area contributed by atoms with E-state index in [2.05, 4.69) is 6.92 Å². The van der Waals surface area contributed by atoms with Crippen LogP contribution in [-0.2, 0) is 10.0 Å². The molecule has 24 heavy (non-hydrogen) atoms. The van der Waals surface area contributed by atoms with Crippen molar-refractivity contribution in [2.75, 3.05) is 26.2 Å². The molecule has 6 heteroatoms. The zero-order valence-electron chi connectivity index (χ0n) is 14.7. The van der Waals surface area contributed by atoms with Gasteiger partial charge in [-0.25, -0.2) is 8.42 Å². The first-order valence-corrected chi connectivity index (χ1v) is 10.3. The molecule has 1 aliphatic heterocycles. The summed E-state index contributed by atoms with van der Waals surface area (Å²) in [6.07, 6.45) is 4.74. The van der Waals surface area contributed by atoms with Crippen LogP contribution in [-0.4, -0.2) is 49.7 Å². The van der Waals surface area contributed by atoms with E-state index < -0.39 is 10.0 Å². The van der Waals surface area contributed by atoms with Crippen LogP contribution in [0.1, 0.15) is 56.3 Å². The number of unbranched alkanes of at least 4 members (excludes halogenated alkanes) is 1. The van der Waals surface area contributed by atoms with Gasteiger partial charge >= 0.3 is 0 Å². The highest BCUT2D eigenvalue weighted by molar-refractivity contribution is 7.89. The number of rotatable bonds is 7. The molecule has 1 saturated heterocycles. The molecule has 134 valence electrons. The highest BCUT2D eigenvalue weighted by Crippen LogP contribution is 2.24. The summed E-state index contributed by atoms with van der Waals surface area (Å²) in [6.45, 7) is 6.32. The van der Waals surface area contributed by atoms with Crippen LogP contribution in [0.2, 0.25) is 0 Å². The molecule has 0 spiro atoms. The summed E-state index contributed by atoms with van der Waals surface area (Å²) in [4.78, 5) is 14.8. The zero-order chi connectivity index (χ0) is 17.6. The lowest BCUT2D eigenvalue weighted by Gasteiger charge is -2.27. The summed E-state index contributed by atoms with van der Waals surface area (Å²) < 4.78 is 27.5. The Labute approximate surface area is 145 Å². The Bertz CT molecular complexity index is 652. The number of nitrogens with zero attached hydrogens (tertiary/aromatic N) is 2. The first-order chi connectivity index (χ1) is 11.5.